The summed E-state index contributed by atoms with van der Waals surface area (Å²) in [6.45, 7) is 5.65. The van der Waals surface area contributed by atoms with Crippen LogP contribution in [0, 0.1) is 5.92 Å². The van der Waals surface area contributed by atoms with Crippen LogP contribution in [-0.4, -0.2) is 62.5 Å². The average Bonchev–Trinajstić information content (AvgIpc) is 2.63. The van der Waals surface area contributed by atoms with E-state index in [-0.39, 0.29) is 17.7 Å². The van der Waals surface area contributed by atoms with Crippen LogP contribution in [0.25, 0.3) is 0 Å². The van der Waals surface area contributed by atoms with Crippen molar-refractivity contribution in [1.82, 2.24) is 4.90 Å². The van der Waals surface area contributed by atoms with Gasteiger partial charge in [-0.25, -0.2) is 0 Å². The van der Waals surface area contributed by atoms with Gasteiger partial charge in [-0.05, 0) is 25.0 Å². The van der Waals surface area contributed by atoms with Crippen molar-refractivity contribution in [3.63, 3.8) is 0 Å². The number of rotatable bonds is 4. The van der Waals surface area contributed by atoms with Crippen LogP contribution in [0.3, 0.4) is 0 Å². The Kier molecular flexibility index (Phi) is 5.35. The van der Waals surface area contributed by atoms with Crippen molar-refractivity contribution in [2.24, 2.45) is 11.7 Å². The zero-order valence-electron chi connectivity index (χ0n) is 14.1. The topological polar surface area (TPSA) is 71.1 Å². The summed E-state index contributed by atoms with van der Waals surface area (Å²) in [5, 5.41) is 0. The van der Waals surface area contributed by atoms with Gasteiger partial charge in [-0.15, -0.1) is 0 Å². The number of carbonyl (C=O) groups excluding carboxylic acids is 2. The van der Waals surface area contributed by atoms with Crippen molar-refractivity contribution in [3.05, 3.63) is 30.3 Å². The lowest BCUT2D eigenvalue weighted by Gasteiger charge is -2.35. The normalized spacial score (nSPS) is 22.4. The standard InChI is InChI=1S/C18H26N4O2/c19-18(24)15-5-4-8-22(13-15)17(23)14-20-9-11-21(12-10-20)16-6-2-1-3-7-16/h1-3,6-7,15H,4-5,8-14H2,(H2,19,24)/p+1/t15-/m1/s1. The number of hydrogen-bond donors (Lipinski definition) is 2. The second kappa shape index (κ2) is 7.66. The third kappa shape index (κ3) is 4.06. The van der Waals surface area contributed by atoms with Gasteiger partial charge in [0, 0.05) is 18.8 Å². The molecule has 6 nitrogen and oxygen atoms in total. The first kappa shape index (κ1) is 16.8. The number of piperazine rings is 1. The van der Waals surface area contributed by atoms with Crippen molar-refractivity contribution in [1.29, 1.82) is 0 Å². The molecular formula is C18H27N4O2+. The molecule has 2 aliphatic rings. The van der Waals surface area contributed by atoms with E-state index in [1.807, 2.05) is 11.0 Å². The number of nitrogens with zero attached hydrogens (tertiary/aromatic N) is 2. The van der Waals surface area contributed by atoms with E-state index in [4.69, 9.17) is 5.73 Å². The highest BCUT2D eigenvalue weighted by Crippen LogP contribution is 2.16. The number of carbonyl (C=O) groups is 2. The lowest BCUT2D eigenvalue weighted by atomic mass is 9.97. The highest BCUT2D eigenvalue weighted by atomic mass is 16.2. The maximum Gasteiger partial charge on any atom is 0.277 e. The van der Waals surface area contributed by atoms with Crippen molar-refractivity contribution >= 4 is 17.5 Å². The number of para-hydroxylation sites is 1. The molecule has 0 aliphatic carbocycles. The molecule has 1 atom stereocenters. The Morgan fingerprint density at radius 3 is 2.50 bits per heavy atom. The summed E-state index contributed by atoms with van der Waals surface area (Å²) in [4.78, 5) is 29.4. The zero-order valence-corrected chi connectivity index (χ0v) is 14.1. The molecule has 2 saturated heterocycles. The highest BCUT2D eigenvalue weighted by molar-refractivity contribution is 5.80. The first-order chi connectivity index (χ1) is 11.6. The molecule has 1 aromatic carbocycles. The summed E-state index contributed by atoms with van der Waals surface area (Å²) >= 11 is 0. The van der Waals surface area contributed by atoms with Crippen LogP contribution in [0.4, 0.5) is 5.69 Å². The molecule has 2 heterocycles. The third-order valence-electron chi connectivity index (χ3n) is 5.17. The number of nitrogens with one attached hydrogen (secondary N) is 1. The van der Waals surface area contributed by atoms with Crippen LogP contribution >= 0.6 is 0 Å². The molecule has 0 bridgehead atoms. The Labute approximate surface area is 143 Å². The highest BCUT2D eigenvalue weighted by Gasteiger charge is 2.30. The van der Waals surface area contributed by atoms with Gasteiger partial charge in [-0.3, -0.25) is 9.59 Å². The number of primary amides is 1. The van der Waals surface area contributed by atoms with Gasteiger partial charge >= 0.3 is 0 Å². The van der Waals surface area contributed by atoms with Crippen LogP contribution in [0.5, 0.6) is 0 Å². The van der Waals surface area contributed by atoms with E-state index in [1.54, 1.807) is 0 Å². The van der Waals surface area contributed by atoms with Gasteiger partial charge < -0.3 is 20.4 Å². The Hall–Kier alpha value is -2.08. The molecule has 0 spiro atoms. The fraction of sp³-hybridized carbons (Fsp3) is 0.556. The number of benzene rings is 1. The number of anilines is 1. The van der Waals surface area contributed by atoms with Gasteiger partial charge in [0.1, 0.15) is 0 Å². The fourth-order valence-corrected chi connectivity index (χ4v) is 3.66. The zero-order chi connectivity index (χ0) is 16.9. The molecular weight excluding hydrogens is 304 g/mol. The Morgan fingerprint density at radius 1 is 1.12 bits per heavy atom. The summed E-state index contributed by atoms with van der Waals surface area (Å²) in [6, 6.07) is 10.4. The number of nitrogens with two attached hydrogens (primary N) is 1. The van der Waals surface area contributed by atoms with E-state index in [2.05, 4.69) is 29.2 Å². The lowest BCUT2D eigenvalue weighted by Crippen LogP contribution is -3.16. The first-order valence-electron chi connectivity index (χ1n) is 8.84. The largest absolute Gasteiger partial charge is 0.369 e. The smallest absolute Gasteiger partial charge is 0.277 e. The lowest BCUT2D eigenvalue weighted by molar-refractivity contribution is -0.892. The van der Waals surface area contributed by atoms with Gasteiger partial charge in [0.05, 0.1) is 32.1 Å². The minimum absolute atomic E-state index is 0.157. The Morgan fingerprint density at radius 2 is 1.83 bits per heavy atom. The van der Waals surface area contributed by atoms with Crippen molar-refractivity contribution in [2.45, 2.75) is 12.8 Å². The maximum atomic E-state index is 12.5. The van der Waals surface area contributed by atoms with Crippen molar-refractivity contribution in [2.75, 3.05) is 50.7 Å². The minimum atomic E-state index is -0.281. The van der Waals surface area contributed by atoms with Crippen LogP contribution in [0.15, 0.2) is 30.3 Å². The summed E-state index contributed by atoms with van der Waals surface area (Å²) in [6.07, 6.45) is 1.68. The number of piperidine rings is 1. The van der Waals surface area contributed by atoms with Crippen molar-refractivity contribution < 1.29 is 14.5 Å². The van der Waals surface area contributed by atoms with E-state index in [0.29, 0.717) is 13.1 Å². The molecule has 2 fully saturated rings. The fourth-order valence-electron chi connectivity index (χ4n) is 3.66. The second-order valence-electron chi connectivity index (χ2n) is 6.83. The minimum Gasteiger partial charge on any atom is -0.369 e. The van der Waals surface area contributed by atoms with Gasteiger partial charge in [0.25, 0.3) is 5.91 Å². The molecule has 0 radical (unpaired) electrons. The van der Waals surface area contributed by atoms with Crippen LogP contribution in [0.2, 0.25) is 0 Å². The molecule has 1 aromatic rings. The number of quaternary nitrogens is 1. The van der Waals surface area contributed by atoms with Crippen molar-refractivity contribution in [3.8, 4) is 0 Å². The summed E-state index contributed by atoms with van der Waals surface area (Å²) < 4.78 is 0. The first-order valence-corrected chi connectivity index (χ1v) is 8.84. The molecule has 3 N–H and O–H groups in total. The molecule has 0 unspecified atom stereocenters. The number of likely N-dealkylation sites (tertiary alicyclic amines) is 1. The van der Waals surface area contributed by atoms with E-state index in [0.717, 1.165) is 45.6 Å². The van der Waals surface area contributed by atoms with Crippen LogP contribution < -0.4 is 15.5 Å². The Bertz CT molecular complexity index is 570. The van der Waals surface area contributed by atoms with Crippen LogP contribution in [0.1, 0.15) is 12.8 Å². The number of hydrogen-bond acceptors (Lipinski definition) is 3. The van der Waals surface area contributed by atoms with E-state index in [9.17, 15) is 9.59 Å². The molecule has 2 aliphatic heterocycles. The molecule has 130 valence electrons. The SMILES string of the molecule is NC(=O)[C@@H]1CCCN(C(=O)C[NH+]2CCN(c3ccccc3)CC2)C1. The monoisotopic (exact) mass is 331 g/mol. The number of amides is 2. The predicted molar refractivity (Wildman–Crippen MR) is 92.7 cm³/mol. The van der Waals surface area contributed by atoms with E-state index < -0.39 is 0 Å². The third-order valence-corrected chi connectivity index (χ3v) is 5.17. The van der Waals surface area contributed by atoms with E-state index >= 15 is 0 Å². The van der Waals surface area contributed by atoms with E-state index in [1.165, 1.54) is 10.6 Å². The second-order valence-corrected chi connectivity index (χ2v) is 6.83. The predicted octanol–water partition coefficient (Wildman–Crippen LogP) is -0.885. The average molecular weight is 331 g/mol. The molecule has 2 amide bonds. The van der Waals surface area contributed by atoms with Gasteiger partial charge in [0.15, 0.2) is 6.54 Å². The molecule has 24 heavy (non-hydrogen) atoms. The quantitative estimate of drug-likeness (QED) is 0.752. The molecule has 0 aromatic heterocycles. The Balaban J connectivity index is 1.47. The summed E-state index contributed by atoms with van der Waals surface area (Å²) in [5.41, 5.74) is 6.65. The molecule has 3 rings (SSSR count). The molecule has 0 saturated carbocycles. The summed E-state index contributed by atoms with van der Waals surface area (Å²) in [5.74, 6) is -0.298. The molecule has 6 heteroatoms. The van der Waals surface area contributed by atoms with Gasteiger partial charge in [0.2, 0.25) is 5.91 Å². The van der Waals surface area contributed by atoms with Gasteiger partial charge in [-0.1, -0.05) is 18.2 Å². The maximum absolute atomic E-state index is 12.5. The van der Waals surface area contributed by atoms with Gasteiger partial charge in [-0.2, -0.15) is 0 Å². The van der Waals surface area contributed by atoms with Crippen LogP contribution in [-0.2, 0) is 9.59 Å². The summed E-state index contributed by atoms with van der Waals surface area (Å²) in [7, 11) is 0.